The molecule has 1 atom stereocenters. The molecule has 0 saturated heterocycles. The highest BCUT2D eigenvalue weighted by Gasteiger charge is 2.22. The first kappa shape index (κ1) is 11.7. The van der Waals surface area contributed by atoms with Gasteiger partial charge < -0.3 is 4.57 Å². The molecule has 17 heavy (non-hydrogen) atoms. The monoisotopic (exact) mass is 257 g/mol. The second-order valence-electron chi connectivity index (χ2n) is 3.49. The highest BCUT2D eigenvalue weighted by Crippen LogP contribution is 2.10. The molecule has 10 heteroatoms. The minimum atomic E-state index is -3.67. The molecule has 2 aromatic heterocycles. The second kappa shape index (κ2) is 4.22. The number of nitrogens with one attached hydrogen (secondary N) is 2. The van der Waals surface area contributed by atoms with Gasteiger partial charge in [0, 0.05) is 13.2 Å². The number of H-pyrrole nitrogens is 1. The van der Waals surface area contributed by atoms with E-state index < -0.39 is 16.1 Å². The van der Waals surface area contributed by atoms with Crippen LogP contribution in [0.25, 0.3) is 0 Å². The summed E-state index contributed by atoms with van der Waals surface area (Å²) in [6.07, 6.45) is 2.82. The lowest BCUT2D eigenvalue weighted by Gasteiger charge is -2.08. The van der Waals surface area contributed by atoms with Crippen LogP contribution in [-0.4, -0.2) is 38.6 Å². The fourth-order valence-corrected chi connectivity index (χ4v) is 2.41. The lowest BCUT2D eigenvalue weighted by atomic mass is 10.4. The molecule has 0 spiro atoms. The molecule has 0 aromatic carbocycles. The molecule has 0 saturated carbocycles. The maximum atomic E-state index is 11.9. The second-order valence-corrected chi connectivity index (χ2v) is 5.15. The molecule has 2 heterocycles. The molecule has 0 aliphatic rings. The molecule has 92 valence electrons. The van der Waals surface area contributed by atoms with Crippen molar-refractivity contribution < 1.29 is 8.42 Å². The van der Waals surface area contributed by atoms with Gasteiger partial charge in [-0.1, -0.05) is 5.21 Å². The first-order valence-corrected chi connectivity index (χ1v) is 6.21. The third-order valence-electron chi connectivity index (χ3n) is 2.04. The predicted molar refractivity (Wildman–Crippen MR) is 56.1 cm³/mol. The van der Waals surface area contributed by atoms with Crippen molar-refractivity contribution in [2.75, 3.05) is 0 Å². The molecule has 9 nitrogen and oxygen atoms in total. The minimum absolute atomic E-state index is 0.0460. The van der Waals surface area contributed by atoms with E-state index >= 15 is 0 Å². The van der Waals surface area contributed by atoms with Crippen LogP contribution in [0.5, 0.6) is 0 Å². The third kappa shape index (κ3) is 2.47. The summed E-state index contributed by atoms with van der Waals surface area (Å²) in [5.41, 5.74) is 0. The quantitative estimate of drug-likeness (QED) is 0.723. The third-order valence-corrected chi connectivity index (χ3v) is 3.46. The van der Waals surface area contributed by atoms with Crippen LogP contribution in [0.1, 0.15) is 18.8 Å². The largest absolute Gasteiger partial charge is 0.339 e. The van der Waals surface area contributed by atoms with E-state index in [4.69, 9.17) is 0 Å². The Hall–Kier alpha value is -1.81. The number of hydrogen-bond donors (Lipinski definition) is 2. The predicted octanol–water partition coefficient (Wildman–Crippen LogP) is -1.03. The number of aromatic amines is 1. The number of rotatable bonds is 4. The van der Waals surface area contributed by atoms with Gasteiger partial charge in [0.1, 0.15) is 0 Å². The van der Waals surface area contributed by atoms with E-state index in [9.17, 15) is 8.42 Å². The zero-order chi connectivity index (χ0) is 12.5. The van der Waals surface area contributed by atoms with Gasteiger partial charge >= 0.3 is 0 Å². The van der Waals surface area contributed by atoms with Crippen LogP contribution >= 0.6 is 0 Å². The molecule has 2 aromatic rings. The van der Waals surface area contributed by atoms with Crippen LogP contribution in [0.3, 0.4) is 0 Å². The Balaban J connectivity index is 2.18. The number of nitrogens with zero attached hydrogens (tertiary/aromatic N) is 5. The molecule has 2 rings (SSSR count). The Morgan fingerprint density at radius 2 is 2.29 bits per heavy atom. The normalized spacial score (nSPS) is 13.8. The maximum Gasteiger partial charge on any atom is 0.260 e. The van der Waals surface area contributed by atoms with E-state index in [1.807, 2.05) is 0 Å². The molecular formula is C7H11N7O2S. The van der Waals surface area contributed by atoms with Crippen molar-refractivity contribution >= 4 is 10.0 Å². The van der Waals surface area contributed by atoms with Crippen LogP contribution in [0, 0.1) is 0 Å². The van der Waals surface area contributed by atoms with Crippen molar-refractivity contribution in [3.05, 3.63) is 18.3 Å². The van der Waals surface area contributed by atoms with Gasteiger partial charge in [0.05, 0.1) is 12.4 Å². The summed E-state index contributed by atoms with van der Waals surface area (Å²) in [7, 11) is -1.98. The van der Waals surface area contributed by atoms with E-state index in [0.29, 0.717) is 0 Å². The molecule has 0 bridgehead atoms. The Labute approximate surface area is 97.3 Å². The van der Waals surface area contributed by atoms with Crippen molar-refractivity contribution in [3.8, 4) is 0 Å². The summed E-state index contributed by atoms with van der Waals surface area (Å²) in [5.74, 6) is 0.268. The Morgan fingerprint density at radius 1 is 1.53 bits per heavy atom. The van der Waals surface area contributed by atoms with Crippen molar-refractivity contribution in [1.82, 2.24) is 34.9 Å². The van der Waals surface area contributed by atoms with Crippen LogP contribution in [0.2, 0.25) is 0 Å². The van der Waals surface area contributed by atoms with E-state index in [-0.39, 0.29) is 10.9 Å². The first-order valence-electron chi connectivity index (χ1n) is 4.72. The van der Waals surface area contributed by atoms with Gasteiger partial charge in [-0.15, -0.1) is 10.2 Å². The van der Waals surface area contributed by atoms with Crippen LogP contribution in [0.4, 0.5) is 0 Å². The highest BCUT2D eigenvalue weighted by atomic mass is 32.2. The number of sulfonamides is 1. The van der Waals surface area contributed by atoms with Gasteiger partial charge in [0.2, 0.25) is 0 Å². The molecule has 0 aliphatic carbocycles. The number of imidazole rings is 1. The molecule has 1 unspecified atom stereocenters. The molecule has 0 radical (unpaired) electrons. The SMILES string of the molecule is CC(NS(=O)(=O)c1cn(C)cn1)c1nn[nH]n1. The van der Waals surface area contributed by atoms with Crippen molar-refractivity contribution in [1.29, 1.82) is 0 Å². The summed E-state index contributed by atoms with van der Waals surface area (Å²) in [4.78, 5) is 3.77. The molecule has 0 amide bonds. The van der Waals surface area contributed by atoms with Gasteiger partial charge in [-0.25, -0.2) is 13.4 Å². The lowest BCUT2D eigenvalue weighted by Crippen LogP contribution is -2.27. The average molecular weight is 257 g/mol. The highest BCUT2D eigenvalue weighted by molar-refractivity contribution is 7.89. The van der Waals surface area contributed by atoms with Crippen molar-refractivity contribution in [2.45, 2.75) is 18.0 Å². The van der Waals surface area contributed by atoms with Crippen molar-refractivity contribution in [3.63, 3.8) is 0 Å². The smallest absolute Gasteiger partial charge is 0.260 e. The zero-order valence-electron chi connectivity index (χ0n) is 9.19. The number of tetrazole rings is 1. The zero-order valence-corrected chi connectivity index (χ0v) is 10.0. The molecular weight excluding hydrogens is 246 g/mol. The molecule has 0 aliphatic heterocycles. The van der Waals surface area contributed by atoms with E-state index in [1.54, 1.807) is 18.5 Å². The van der Waals surface area contributed by atoms with Crippen LogP contribution in [0.15, 0.2) is 17.6 Å². The number of aromatic nitrogens is 6. The summed E-state index contributed by atoms with van der Waals surface area (Å²) < 4.78 is 27.7. The van der Waals surface area contributed by atoms with Crippen molar-refractivity contribution in [2.24, 2.45) is 7.05 Å². The van der Waals surface area contributed by atoms with Crippen LogP contribution in [-0.2, 0) is 17.1 Å². The topological polar surface area (TPSA) is 118 Å². The minimum Gasteiger partial charge on any atom is -0.339 e. The van der Waals surface area contributed by atoms with Gasteiger partial charge in [-0.05, 0) is 6.92 Å². The average Bonchev–Trinajstić information content (AvgIpc) is 2.86. The first-order chi connectivity index (χ1) is 7.99. The van der Waals surface area contributed by atoms with Gasteiger partial charge in [-0.3, -0.25) is 0 Å². The van der Waals surface area contributed by atoms with E-state index in [1.165, 1.54) is 12.5 Å². The fourth-order valence-electron chi connectivity index (χ4n) is 1.23. The van der Waals surface area contributed by atoms with Gasteiger partial charge in [0.25, 0.3) is 10.0 Å². The standard InChI is InChI=1S/C7H11N7O2S/c1-5(7-9-12-13-10-7)11-17(15,16)6-3-14(2)4-8-6/h3-5,11H,1-2H3,(H,9,10,12,13). The maximum absolute atomic E-state index is 11.9. The summed E-state index contributed by atoms with van der Waals surface area (Å²) in [6, 6.07) is -0.583. The van der Waals surface area contributed by atoms with E-state index in [0.717, 1.165) is 0 Å². The van der Waals surface area contributed by atoms with Gasteiger partial charge in [-0.2, -0.15) is 9.94 Å². The number of aryl methyl sites for hydroxylation is 1. The molecule has 2 N–H and O–H groups in total. The van der Waals surface area contributed by atoms with Gasteiger partial charge in [0.15, 0.2) is 10.9 Å². The lowest BCUT2D eigenvalue weighted by molar-refractivity contribution is 0.557. The Morgan fingerprint density at radius 3 is 2.82 bits per heavy atom. The summed E-state index contributed by atoms with van der Waals surface area (Å²) in [5, 5.41) is 13.0. The Kier molecular flexibility index (Phi) is 2.90. The Bertz CT molecular complexity index is 588. The number of hydrogen-bond acceptors (Lipinski definition) is 6. The fraction of sp³-hybridized carbons (Fsp3) is 0.429. The van der Waals surface area contributed by atoms with Crippen LogP contribution < -0.4 is 4.72 Å². The van der Waals surface area contributed by atoms with E-state index in [2.05, 4.69) is 30.3 Å². The summed E-state index contributed by atoms with van der Waals surface area (Å²) >= 11 is 0. The molecule has 0 fully saturated rings. The summed E-state index contributed by atoms with van der Waals surface area (Å²) in [6.45, 7) is 1.62.